The molecule has 1 aromatic carbocycles. The second-order valence-corrected chi connectivity index (χ2v) is 5.01. The van der Waals surface area contributed by atoms with E-state index in [0.29, 0.717) is 12.0 Å². The van der Waals surface area contributed by atoms with Crippen LogP contribution in [0.4, 0.5) is 5.82 Å². The van der Waals surface area contributed by atoms with Crippen molar-refractivity contribution in [1.82, 2.24) is 9.78 Å². The van der Waals surface area contributed by atoms with E-state index < -0.39 is 0 Å². The van der Waals surface area contributed by atoms with Gasteiger partial charge in [0.25, 0.3) is 0 Å². The number of aromatic nitrogens is 2. The van der Waals surface area contributed by atoms with Crippen LogP contribution in [0.2, 0.25) is 0 Å². The zero-order valence-electron chi connectivity index (χ0n) is 11.1. The minimum atomic E-state index is 0.486. The van der Waals surface area contributed by atoms with Crippen molar-refractivity contribution in [2.75, 3.05) is 19.0 Å². The molecule has 2 heterocycles. The minimum Gasteiger partial charge on any atom is -0.497 e. The van der Waals surface area contributed by atoms with Crippen molar-refractivity contribution in [3.63, 3.8) is 0 Å². The third-order valence-electron chi connectivity index (χ3n) is 3.88. The molecule has 0 bridgehead atoms. The number of hydrogen-bond acceptors (Lipinski definition) is 3. The van der Waals surface area contributed by atoms with E-state index in [-0.39, 0.29) is 0 Å². The summed E-state index contributed by atoms with van der Waals surface area (Å²) in [6.07, 6.45) is 1.11. The fraction of sp³-hybridized carbons (Fsp3) is 0.500. The van der Waals surface area contributed by atoms with Gasteiger partial charge in [0.05, 0.1) is 18.7 Å². The van der Waals surface area contributed by atoms with Gasteiger partial charge in [-0.3, -0.25) is 0 Å². The molecule has 4 nitrogen and oxygen atoms in total. The van der Waals surface area contributed by atoms with E-state index in [0.717, 1.165) is 35.4 Å². The number of hydrogen-bond donors (Lipinski definition) is 1. The van der Waals surface area contributed by atoms with Crippen molar-refractivity contribution in [1.29, 1.82) is 0 Å². The topological polar surface area (TPSA) is 39.1 Å². The fourth-order valence-electron chi connectivity index (χ4n) is 2.83. The molecule has 3 rings (SSSR count). The second-order valence-electron chi connectivity index (χ2n) is 5.01. The highest BCUT2D eigenvalue weighted by molar-refractivity contribution is 5.91. The molecule has 0 radical (unpaired) electrons. The largest absolute Gasteiger partial charge is 0.497 e. The van der Waals surface area contributed by atoms with Crippen LogP contribution in [0.25, 0.3) is 10.9 Å². The van der Waals surface area contributed by atoms with E-state index in [1.807, 2.05) is 12.1 Å². The Hall–Kier alpha value is -1.71. The third-order valence-corrected chi connectivity index (χ3v) is 3.88. The number of nitrogens with one attached hydrogen (secondary N) is 1. The van der Waals surface area contributed by atoms with Crippen molar-refractivity contribution in [2.24, 2.45) is 5.92 Å². The standard InChI is InChI=1S/C14H19N3O/c1-4-13-9(2)8-15-14-11-7-10(18-3)5-6-12(11)16-17(13)14/h5-7,9,13,15H,4,8H2,1-3H3. The smallest absolute Gasteiger partial charge is 0.132 e. The van der Waals surface area contributed by atoms with Crippen molar-refractivity contribution in [2.45, 2.75) is 26.3 Å². The summed E-state index contributed by atoms with van der Waals surface area (Å²) in [7, 11) is 1.70. The number of benzene rings is 1. The summed E-state index contributed by atoms with van der Waals surface area (Å²) in [4.78, 5) is 0. The summed E-state index contributed by atoms with van der Waals surface area (Å²) in [5.41, 5.74) is 1.03. The lowest BCUT2D eigenvalue weighted by molar-refractivity contribution is 0.315. The maximum atomic E-state index is 5.29. The van der Waals surface area contributed by atoms with Crippen molar-refractivity contribution in [3.8, 4) is 5.75 Å². The Balaban J connectivity index is 2.19. The average Bonchev–Trinajstić information content (AvgIpc) is 2.76. The molecule has 0 aliphatic carbocycles. The highest BCUT2D eigenvalue weighted by Crippen LogP contribution is 2.36. The molecule has 0 fully saturated rings. The maximum absolute atomic E-state index is 5.29. The molecule has 2 unspecified atom stereocenters. The van der Waals surface area contributed by atoms with Crippen LogP contribution in [-0.4, -0.2) is 23.4 Å². The molecule has 1 N–H and O–H groups in total. The van der Waals surface area contributed by atoms with Gasteiger partial charge in [-0.05, 0) is 30.5 Å². The van der Waals surface area contributed by atoms with Gasteiger partial charge in [0.2, 0.25) is 0 Å². The highest BCUT2D eigenvalue weighted by atomic mass is 16.5. The average molecular weight is 245 g/mol. The first-order valence-electron chi connectivity index (χ1n) is 6.54. The molecule has 0 amide bonds. The van der Waals surface area contributed by atoms with Crippen LogP contribution in [0.3, 0.4) is 0 Å². The number of ether oxygens (including phenoxy) is 1. The normalized spacial score (nSPS) is 22.6. The van der Waals surface area contributed by atoms with E-state index >= 15 is 0 Å². The fourth-order valence-corrected chi connectivity index (χ4v) is 2.83. The van der Waals surface area contributed by atoms with Gasteiger partial charge in [-0.2, -0.15) is 5.10 Å². The molecular weight excluding hydrogens is 226 g/mol. The predicted molar refractivity (Wildman–Crippen MR) is 73.3 cm³/mol. The van der Waals surface area contributed by atoms with E-state index in [4.69, 9.17) is 9.84 Å². The van der Waals surface area contributed by atoms with E-state index in [1.54, 1.807) is 7.11 Å². The summed E-state index contributed by atoms with van der Waals surface area (Å²) < 4.78 is 7.44. The van der Waals surface area contributed by atoms with Gasteiger partial charge in [-0.15, -0.1) is 0 Å². The molecule has 1 aliphatic rings. The molecule has 18 heavy (non-hydrogen) atoms. The van der Waals surface area contributed by atoms with Crippen LogP contribution in [0, 0.1) is 5.92 Å². The molecule has 2 aromatic rings. The maximum Gasteiger partial charge on any atom is 0.132 e. The van der Waals surface area contributed by atoms with Gasteiger partial charge in [0.15, 0.2) is 0 Å². The zero-order valence-corrected chi connectivity index (χ0v) is 11.1. The molecule has 96 valence electrons. The lowest BCUT2D eigenvalue weighted by Gasteiger charge is -2.30. The molecular formula is C14H19N3O. The van der Waals surface area contributed by atoms with Crippen molar-refractivity contribution in [3.05, 3.63) is 18.2 Å². The Kier molecular flexibility index (Phi) is 2.65. The summed E-state index contributed by atoms with van der Waals surface area (Å²) in [5.74, 6) is 2.62. The van der Waals surface area contributed by atoms with Crippen LogP contribution in [-0.2, 0) is 0 Å². The quantitative estimate of drug-likeness (QED) is 0.883. The SMILES string of the molecule is CCC1C(C)CNc2c3cc(OC)ccc3nn21. The Bertz CT molecular complexity index is 576. The minimum absolute atomic E-state index is 0.486. The van der Waals surface area contributed by atoms with Gasteiger partial charge in [0.1, 0.15) is 11.6 Å². The predicted octanol–water partition coefficient (Wildman–Crippen LogP) is 3.06. The Morgan fingerprint density at radius 3 is 3.06 bits per heavy atom. The van der Waals surface area contributed by atoms with Crippen LogP contribution in [0.1, 0.15) is 26.3 Å². The molecule has 2 atom stereocenters. The summed E-state index contributed by atoms with van der Waals surface area (Å²) in [6.45, 7) is 5.51. The first-order chi connectivity index (χ1) is 8.74. The summed E-state index contributed by atoms with van der Waals surface area (Å²) >= 11 is 0. The number of anilines is 1. The van der Waals surface area contributed by atoms with E-state index in [9.17, 15) is 0 Å². The summed E-state index contributed by atoms with van der Waals surface area (Å²) in [5, 5.41) is 9.38. The van der Waals surface area contributed by atoms with Crippen LogP contribution < -0.4 is 10.1 Å². The number of rotatable bonds is 2. The Morgan fingerprint density at radius 1 is 1.50 bits per heavy atom. The summed E-state index contributed by atoms with van der Waals surface area (Å²) in [6, 6.07) is 6.54. The monoisotopic (exact) mass is 245 g/mol. The van der Waals surface area contributed by atoms with Gasteiger partial charge in [-0.25, -0.2) is 4.68 Å². The van der Waals surface area contributed by atoms with Crippen LogP contribution in [0.5, 0.6) is 5.75 Å². The first-order valence-corrected chi connectivity index (χ1v) is 6.54. The van der Waals surface area contributed by atoms with Crippen molar-refractivity contribution >= 4 is 16.7 Å². The third kappa shape index (κ3) is 1.55. The van der Waals surface area contributed by atoms with E-state index in [1.165, 1.54) is 0 Å². The molecule has 4 heteroatoms. The second kappa shape index (κ2) is 4.19. The molecule has 0 spiro atoms. The van der Waals surface area contributed by atoms with Gasteiger partial charge in [-0.1, -0.05) is 13.8 Å². The number of fused-ring (bicyclic) bond motifs is 3. The molecule has 0 saturated carbocycles. The van der Waals surface area contributed by atoms with Crippen LogP contribution >= 0.6 is 0 Å². The van der Waals surface area contributed by atoms with Crippen molar-refractivity contribution < 1.29 is 4.74 Å². The molecule has 1 aliphatic heterocycles. The molecule has 1 aromatic heterocycles. The van der Waals surface area contributed by atoms with E-state index in [2.05, 4.69) is 29.9 Å². The molecule has 0 saturated heterocycles. The lowest BCUT2D eigenvalue weighted by atomic mass is 9.98. The first kappa shape index (κ1) is 11.4. The van der Waals surface area contributed by atoms with Crippen LogP contribution in [0.15, 0.2) is 18.2 Å². The highest BCUT2D eigenvalue weighted by Gasteiger charge is 2.27. The Morgan fingerprint density at radius 2 is 2.33 bits per heavy atom. The van der Waals surface area contributed by atoms with Gasteiger partial charge < -0.3 is 10.1 Å². The van der Waals surface area contributed by atoms with Gasteiger partial charge >= 0.3 is 0 Å². The number of nitrogens with zero attached hydrogens (tertiary/aromatic N) is 2. The van der Waals surface area contributed by atoms with Gasteiger partial charge in [0, 0.05) is 11.9 Å². The number of methoxy groups -OCH3 is 1. The Labute approximate surface area is 107 Å². The zero-order chi connectivity index (χ0) is 12.7. The lowest BCUT2D eigenvalue weighted by Crippen LogP contribution is -2.30.